The van der Waals surface area contributed by atoms with Crippen molar-refractivity contribution in [2.75, 3.05) is 16.8 Å². The van der Waals surface area contributed by atoms with E-state index in [9.17, 15) is 0 Å². The summed E-state index contributed by atoms with van der Waals surface area (Å²) in [5, 5.41) is 0. The number of para-hydroxylation sites is 2. The first-order valence-corrected chi connectivity index (χ1v) is 7.84. The topological polar surface area (TPSA) is 6.48 Å². The molecule has 2 radical (unpaired) electrons. The van der Waals surface area contributed by atoms with Crippen molar-refractivity contribution < 1.29 is 0 Å². The third kappa shape index (κ3) is 2.18. The van der Waals surface area contributed by atoms with Crippen LogP contribution < -0.4 is 9.80 Å². The van der Waals surface area contributed by atoms with Crippen molar-refractivity contribution in [1.82, 2.24) is 0 Å². The predicted molar refractivity (Wildman–Crippen MR) is 94.4 cm³/mol. The van der Waals surface area contributed by atoms with Gasteiger partial charge in [-0.1, -0.05) is 12.1 Å². The predicted octanol–water partition coefficient (Wildman–Crippen LogP) is 4.68. The Morgan fingerprint density at radius 2 is 1.27 bits per heavy atom. The minimum absolute atomic E-state index is 0.876. The highest BCUT2D eigenvalue weighted by Crippen LogP contribution is 2.38. The molecule has 22 heavy (non-hydrogen) atoms. The lowest BCUT2D eigenvalue weighted by molar-refractivity contribution is 0.883. The van der Waals surface area contributed by atoms with Crippen LogP contribution in [0.25, 0.3) is 0 Å². The van der Waals surface area contributed by atoms with Gasteiger partial charge in [0, 0.05) is 13.6 Å². The van der Waals surface area contributed by atoms with Crippen molar-refractivity contribution in [2.24, 2.45) is 0 Å². The van der Waals surface area contributed by atoms with Crippen LogP contribution >= 0.6 is 0 Å². The van der Waals surface area contributed by atoms with Gasteiger partial charge in [0.2, 0.25) is 6.67 Å². The standard InChI is InChI=1S/C20H24N2/c1-13-14(2)16(4)18(17(5)15(13)3)11-22-12-21(6)19-9-7-8-10-20(19)22/h7-10H,11H2,1-6H3. The SMILES string of the molecule is Cc1c(C)c(C)c(CN2[C]N(C)c3ccccc32)c(C)c1C. The number of nitrogens with zero attached hydrogens (tertiary/aromatic N) is 2. The van der Waals surface area contributed by atoms with Crippen LogP contribution in [0.15, 0.2) is 24.3 Å². The maximum atomic E-state index is 3.44. The molecule has 0 aromatic heterocycles. The van der Waals surface area contributed by atoms with Crippen molar-refractivity contribution in [1.29, 1.82) is 0 Å². The van der Waals surface area contributed by atoms with E-state index < -0.39 is 0 Å². The lowest BCUT2D eigenvalue weighted by atomic mass is 9.89. The van der Waals surface area contributed by atoms with Gasteiger partial charge in [-0.15, -0.1) is 0 Å². The van der Waals surface area contributed by atoms with Crippen LogP contribution in [0.5, 0.6) is 0 Å². The van der Waals surface area contributed by atoms with Crippen LogP contribution in [0.3, 0.4) is 0 Å². The van der Waals surface area contributed by atoms with E-state index in [-0.39, 0.29) is 0 Å². The fraction of sp³-hybridized carbons (Fsp3) is 0.350. The minimum Gasteiger partial charge on any atom is -0.343 e. The fourth-order valence-corrected chi connectivity index (χ4v) is 3.36. The Kier molecular flexibility index (Phi) is 3.64. The highest BCUT2D eigenvalue weighted by atomic mass is 15.4. The largest absolute Gasteiger partial charge is 0.343 e. The van der Waals surface area contributed by atoms with E-state index in [1.807, 2.05) is 0 Å². The zero-order chi connectivity index (χ0) is 16.0. The second-order valence-electron chi connectivity index (χ2n) is 6.34. The fourth-order valence-electron chi connectivity index (χ4n) is 3.36. The molecule has 114 valence electrons. The summed E-state index contributed by atoms with van der Waals surface area (Å²) in [5.74, 6) is 0. The van der Waals surface area contributed by atoms with Gasteiger partial charge in [-0.2, -0.15) is 0 Å². The number of fused-ring (bicyclic) bond motifs is 1. The summed E-state index contributed by atoms with van der Waals surface area (Å²) in [7, 11) is 2.06. The molecule has 2 aromatic carbocycles. The Hall–Kier alpha value is -1.96. The summed E-state index contributed by atoms with van der Waals surface area (Å²) in [6.07, 6.45) is 0. The van der Waals surface area contributed by atoms with Gasteiger partial charge >= 0.3 is 0 Å². The number of anilines is 2. The highest BCUT2D eigenvalue weighted by molar-refractivity contribution is 5.78. The molecule has 0 unspecified atom stereocenters. The maximum Gasteiger partial charge on any atom is 0.208 e. The summed E-state index contributed by atoms with van der Waals surface area (Å²) >= 11 is 0. The molecule has 0 fully saturated rings. The number of benzene rings is 2. The van der Waals surface area contributed by atoms with Crippen molar-refractivity contribution in [3.05, 3.63) is 64.3 Å². The zero-order valence-electron chi connectivity index (χ0n) is 14.4. The third-order valence-corrected chi connectivity index (χ3v) is 5.28. The monoisotopic (exact) mass is 292 g/mol. The second-order valence-corrected chi connectivity index (χ2v) is 6.34. The Bertz CT molecular complexity index is 702. The molecule has 0 aliphatic carbocycles. The molecule has 0 bridgehead atoms. The molecule has 2 heteroatoms. The van der Waals surface area contributed by atoms with Gasteiger partial charge in [0.05, 0.1) is 11.4 Å². The smallest absolute Gasteiger partial charge is 0.208 e. The van der Waals surface area contributed by atoms with Crippen LogP contribution in [0.1, 0.15) is 33.4 Å². The Morgan fingerprint density at radius 1 is 0.773 bits per heavy atom. The summed E-state index contributed by atoms with van der Waals surface area (Å²) in [6, 6.07) is 8.49. The van der Waals surface area contributed by atoms with Crippen LogP contribution in [-0.4, -0.2) is 7.05 Å². The van der Waals surface area contributed by atoms with Crippen molar-refractivity contribution in [3.8, 4) is 0 Å². The Morgan fingerprint density at radius 3 is 1.86 bits per heavy atom. The Balaban J connectivity index is 2.02. The molecule has 3 rings (SSSR count). The first-order valence-electron chi connectivity index (χ1n) is 7.84. The molecule has 0 saturated carbocycles. The molecule has 2 nitrogen and oxygen atoms in total. The van der Waals surface area contributed by atoms with Crippen molar-refractivity contribution >= 4 is 11.4 Å². The minimum atomic E-state index is 0.876. The van der Waals surface area contributed by atoms with E-state index in [1.165, 1.54) is 44.8 Å². The third-order valence-electron chi connectivity index (χ3n) is 5.28. The highest BCUT2D eigenvalue weighted by Gasteiger charge is 2.26. The first kappa shape index (κ1) is 15.0. The van der Waals surface area contributed by atoms with E-state index in [0.29, 0.717) is 0 Å². The van der Waals surface area contributed by atoms with Gasteiger partial charge in [0.15, 0.2) is 0 Å². The summed E-state index contributed by atoms with van der Waals surface area (Å²) in [6.45, 7) is 15.5. The van der Waals surface area contributed by atoms with Gasteiger partial charge < -0.3 is 9.80 Å². The van der Waals surface area contributed by atoms with Crippen LogP contribution in [0.4, 0.5) is 11.4 Å². The Labute approximate surface area is 134 Å². The molecule has 0 spiro atoms. The van der Waals surface area contributed by atoms with Crippen LogP contribution in [-0.2, 0) is 6.54 Å². The average molecular weight is 292 g/mol. The van der Waals surface area contributed by atoms with Crippen molar-refractivity contribution in [2.45, 2.75) is 41.2 Å². The molecule has 1 heterocycles. The van der Waals surface area contributed by atoms with E-state index in [1.54, 1.807) is 0 Å². The molecule has 1 aliphatic heterocycles. The van der Waals surface area contributed by atoms with E-state index in [0.717, 1.165) is 6.54 Å². The summed E-state index contributed by atoms with van der Waals surface area (Å²) in [4.78, 5) is 4.31. The van der Waals surface area contributed by atoms with Gasteiger partial charge in [0.25, 0.3) is 0 Å². The lowest BCUT2D eigenvalue weighted by Gasteiger charge is -2.24. The summed E-state index contributed by atoms with van der Waals surface area (Å²) < 4.78 is 0. The number of rotatable bonds is 2. The normalized spacial score (nSPS) is 13.7. The molecule has 0 N–H and O–H groups in total. The van der Waals surface area contributed by atoms with Gasteiger partial charge in [0.1, 0.15) is 0 Å². The van der Waals surface area contributed by atoms with Gasteiger partial charge in [-0.05, 0) is 80.1 Å². The summed E-state index contributed by atoms with van der Waals surface area (Å²) in [5.41, 5.74) is 11.0. The number of hydrogen-bond donors (Lipinski definition) is 0. The molecular formula is C20H24N2. The molecule has 0 amide bonds. The van der Waals surface area contributed by atoms with Crippen LogP contribution in [0.2, 0.25) is 0 Å². The zero-order valence-corrected chi connectivity index (χ0v) is 14.4. The second kappa shape index (κ2) is 5.35. The average Bonchev–Trinajstić information content (AvgIpc) is 2.84. The first-order chi connectivity index (χ1) is 10.4. The number of hydrogen-bond acceptors (Lipinski definition) is 2. The van der Waals surface area contributed by atoms with Crippen molar-refractivity contribution in [3.63, 3.8) is 0 Å². The molecule has 1 aliphatic rings. The maximum absolute atomic E-state index is 3.44. The molecule has 0 atom stereocenters. The van der Waals surface area contributed by atoms with E-state index in [2.05, 4.69) is 82.4 Å². The van der Waals surface area contributed by atoms with Gasteiger partial charge in [-0.3, -0.25) is 0 Å². The van der Waals surface area contributed by atoms with Gasteiger partial charge in [-0.25, -0.2) is 0 Å². The lowest BCUT2D eigenvalue weighted by Crippen LogP contribution is -2.23. The quantitative estimate of drug-likeness (QED) is 0.793. The molecule has 0 saturated heterocycles. The van der Waals surface area contributed by atoms with E-state index >= 15 is 0 Å². The van der Waals surface area contributed by atoms with E-state index in [4.69, 9.17) is 0 Å². The van der Waals surface area contributed by atoms with Crippen LogP contribution in [0, 0.1) is 41.3 Å². The molecular weight excluding hydrogens is 268 g/mol. The molecule has 2 aromatic rings.